The fraction of sp³-hybridized carbons (Fsp3) is 0.500. The van der Waals surface area contributed by atoms with Crippen LogP contribution in [0.3, 0.4) is 0 Å². The molecule has 0 saturated carbocycles. The largest absolute Gasteiger partial charge is 0.508 e. The topological polar surface area (TPSA) is 101 Å². The van der Waals surface area contributed by atoms with E-state index in [1.54, 1.807) is 0 Å². The van der Waals surface area contributed by atoms with Gasteiger partial charge < -0.3 is 25.5 Å². The summed E-state index contributed by atoms with van der Waals surface area (Å²) in [6.45, 7) is 4.04. The number of hydrogen-bond donors (Lipinski definition) is 6. The summed E-state index contributed by atoms with van der Waals surface area (Å²) in [7, 11) is 0. The average molecular weight is 326 g/mol. The van der Waals surface area contributed by atoms with E-state index in [0.29, 0.717) is 12.3 Å². The number of aliphatic hydroxyl groups excluding tert-OH is 3. The van der Waals surface area contributed by atoms with Crippen LogP contribution in [0.5, 0.6) is 11.5 Å². The molecule has 0 amide bonds. The Balaban J connectivity index is 2.48. The van der Waals surface area contributed by atoms with E-state index in [4.69, 9.17) is 0 Å². The highest BCUT2D eigenvalue weighted by Gasteiger charge is 2.33. The molecule has 1 unspecified atom stereocenters. The van der Waals surface area contributed by atoms with Gasteiger partial charge in [-0.15, -0.1) is 0 Å². The molecule has 122 valence electrons. The van der Waals surface area contributed by atoms with Gasteiger partial charge in [-0.2, -0.15) is 12.6 Å². The van der Waals surface area contributed by atoms with Gasteiger partial charge in [0, 0.05) is 11.1 Å². The molecule has 1 aliphatic carbocycles. The molecular weight excluding hydrogens is 304 g/mol. The first-order valence-corrected chi connectivity index (χ1v) is 7.79. The third-order valence-corrected chi connectivity index (χ3v) is 4.36. The van der Waals surface area contributed by atoms with Crippen molar-refractivity contribution in [1.82, 2.24) is 0 Å². The second-order valence-electron chi connectivity index (χ2n) is 6.10. The predicted octanol–water partition coefficient (Wildman–Crippen LogP) is 2.81. The van der Waals surface area contributed by atoms with Crippen molar-refractivity contribution >= 4 is 18.4 Å². The number of aromatic hydroxyl groups is 2. The van der Waals surface area contributed by atoms with E-state index in [1.165, 1.54) is 12.1 Å². The Morgan fingerprint density at radius 2 is 1.82 bits per heavy atom. The van der Waals surface area contributed by atoms with E-state index in [2.05, 4.69) is 12.6 Å². The molecule has 1 aromatic carbocycles. The van der Waals surface area contributed by atoms with Gasteiger partial charge in [-0.25, -0.2) is 0 Å². The zero-order chi connectivity index (χ0) is 16.6. The van der Waals surface area contributed by atoms with Gasteiger partial charge in [0.1, 0.15) is 17.3 Å². The number of hydrogen-bond acceptors (Lipinski definition) is 6. The lowest BCUT2D eigenvalue weighted by molar-refractivity contribution is 0.153. The number of rotatable bonds is 4. The second-order valence-corrected chi connectivity index (χ2v) is 6.69. The van der Waals surface area contributed by atoms with E-state index < -0.39 is 17.5 Å². The van der Waals surface area contributed by atoms with Crippen LogP contribution in [0, 0.1) is 5.92 Å². The zero-order valence-corrected chi connectivity index (χ0v) is 13.5. The van der Waals surface area contributed by atoms with Crippen molar-refractivity contribution in [2.45, 2.75) is 44.1 Å². The van der Waals surface area contributed by atoms with Crippen LogP contribution in [0.2, 0.25) is 0 Å². The van der Waals surface area contributed by atoms with Gasteiger partial charge >= 0.3 is 0 Å². The minimum atomic E-state index is -1.15. The number of thiol groups is 1. The Bertz CT molecular complexity index is 597. The molecule has 1 aromatic rings. The molecule has 5 N–H and O–H groups in total. The SMILES string of the molecule is CC(C)CC[C@@H](O)c1cc(O)c2c(c1O)C(O)=C[C@H](S)C2O. The number of aliphatic hydroxyl groups is 3. The molecular formula is C16H22O5S. The van der Waals surface area contributed by atoms with Crippen LogP contribution >= 0.6 is 12.6 Å². The van der Waals surface area contributed by atoms with E-state index in [1.807, 2.05) is 13.8 Å². The summed E-state index contributed by atoms with van der Waals surface area (Å²) in [4.78, 5) is 0. The van der Waals surface area contributed by atoms with Crippen LogP contribution in [-0.2, 0) is 0 Å². The molecule has 6 heteroatoms. The highest BCUT2D eigenvalue weighted by Crippen LogP contribution is 2.47. The van der Waals surface area contributed by atoms with Crippen LogP contribution in [0.4, 0.5) is 0 Å². The molecule has 0 fully saturated rings. The van der Waals surface area contributed by atoms with Gasteiger partial charge in [-0.05, 0) is 30.9 Å². The van der Waals surface area contributed by atoms with Crippen LogP contribution in [0.25, 0.3) is 5.76 Å². The Labute approximate surface area is 135 Å². The van der Waals surface area contributed by atoms with Gasteiger partial charge in [0.05, 0.1) is 23.0 Å². The van der Waals surface area contributed by atoms with Crippen LogP contribution in [-0.4, -0.2) is 30.8 Å². The van der Waals surface area contributed by atoms with Gasteiger partial charge in [-0.1, -0.05) is 13.8 Å². The van der Waals surface area contributed by atoms with Gasteiger partial charge in [-0.3, -0.25) is 0 Å². The molecule has 2 rings (SSSR count). The maximum Gasteiger partial charge on any atom is 0.132 e. The maximum atomic E-state index is 10.4. The smallest absolute Gasteiger partial charge is 0.132 e. The van der Waals surface area contributed by atoms with Crippen LogP contribution in [0.1, 0.15) is 55.6 Å². The Kier molecular flexibility index (Phi) is 4.94. The van der Waals surface area contributed by atoms with Crippen molar-refractivity contribution in [3.8, 4) is 11.5 Å². The first kappa shape index (κ1) is 17.0. The standard InChI is InChI=1S/C16H22O5S/c1-7(2)3-4-9(17)8-5-10(18)14-13(15(8)20)11(19)6-12(22)16(14)21/h5-7,9,12,16-22H,3-4H2,1-2H3/t9-,12+,16?/m1/s1. The molecule has 0 spiro atoms. The third-order valence-electron chi connectivity index (χ3n) is 3.93. The lowest BCUT2D eigenvalue weighted by Crippen LogP contribution is -2.18. The first-order chi connectivity index (χ1) is 10.2. The van der Waals surface area contributed by atoms with Crippen molar-refractivity contribution in [1.29, 1.82) is 0 Å². The fourth-order valence-electron chi connectivity index (χ4n) is 2.66. The van der Waals surface area contributed by atoms with Gasteiger partial charge in [0.2, 0.25) is 0 Å². The molecule has 0 saturated heterocycles. The minimum absolute atomic E-state index is 0.0253. The zero-order valence-electron chi connectivity index (χ0n) is 12.6. The average Bonchev–Trinajstić information content (AvgIpc) is 2.44. The molecule has 5 nitrogen and oxygen atoms in total. The molecule has 0 aromatic heterocycles. The van der Waals surface area contributed by atoms with E-state index in [0.717, 1.165) is 6.42 Å². The first-order valence-electron chi connectivity index (χ1n) is 7.28. The Morgan fingerprint density at radius 1 is 1.18 bits per heavy atom. The van der Waals surface area contributed by atoms with Crippen LogP contribution in [0.15, 0.2) is 12.1 Å². The summed E-state index contributed by atoms with van der Waals surface area (Å²) >= 11 is 4.12. The molecule has 0 aliphatic heterocycles. The molecule has 1 aliphatic rings. The summed E-state index contributed by atoms with van der Waals surface area (Å²) in [5, 5.41) is 50.2. The third kappa shape index (κ3) is 3.04. The number of benzene rings is 1. The Morgan fingerprint density at radius 3 is 2.41 bits per heavy atom. The molecule has 0 bridgehead atoms. The van der Waals surface area contributed by atoms with Crippen molar-refractivity contribution in [3.63, 3.8) is 0 Å². The molecule has 0 heterocycles. The lowest BCUT2D eigenvalue weighted by atomic mass is 9.87. The molecule has 22 heavy (non-hydrogen) atoms. The number of phenolic OH excluding ortho intramolecular Hbond substituents is 2. The molecule has 3 atom stereocenters. The highest BCUT2D eigenvalue weighted by molar-refractivity contribution is 7.81. The summed E-state index contributed by atoms with van der Waals surface area (Å²) < 4.78 is 0. The van der Waals surface area contributed by atoms with Crippen LogP contribution < -0.4 is 0 Å². The van der Waals surface area contributed by atoms with Crippen molar-refractivity contribution in [2.75, 3.05) is 0 Å². The number of phenols is 2. The highest BCUT2D eigenvalue weighted by atomic mass is 32.1. The Hall–Kier alpha value is -1.37. The van der Waals surface area contributed by atoms with Gasteiger partial charge in [0.25, 0.3) is 0 Å². The number of fused-ring (bicyclic) bond motifs is 1. The van der Waals surface area contributed by atoms with Gasteiger partial charge in [0.15, 0.2) is 0 Å². The maximum absolute atomic E-state index is 10.4. The minimum Gasteiger partial charge on any atom is -0.508 e. The lowest BCUT2D eigenvalue weighted by Gasteiger charge is -2.27. The van der Waals surface area contributed by atoms with Crippen molar-refractivity contribution < 1.29 is 25.5 Å². The normalized spacial score (nSPS) is 22.4. The summed E-state index contributed by atoms with van der Waals surface area (Å²) in [5.74, 6) is -0.483. The predicted molar refractivity (Wildman–Crippen MR) is 87.1 cm³/mol. The van der Waals surface area contributed by atoms with E-state index in [-0.39, 0.29) is 33.9 Å². The molecule has 0 radical (unpaired) electrons. The summed E-state index contributed by atoms with van der Waals surface area (Å²) in [6, 6.07) is 1.24. The van der Waals surface area contributed by atoms with E-state index >= 15 is 0 Å². The summed E-state index contributed by atoms with van der Waals surface area (Å²) in [6.07, 6.45) is 0.353. The fourth-order valence-corrected chi connectivity index (χ4v) is 2.95. The summed E-state index contributed by atoms with van der Waals surface area (Å²) in [5.41, 5.74) is 0.121. The van der Waals surface area contributed by atoms with Crippen molar-refractivity contribution in [3.05, 3.63) is 28.8 Å². The van der Waals surface area contributed by atoms with E-state index in [9.17, 15) is 25.5 Å². The second kappa shape index (κ2) is 6.40. The quantitative estimate of drug-likeness (QED) is 0.377. The monoisotopic (exact) mass is 326 g/mol. The van der Waals surface area contributed by atoms with Crippen molar-refractivity contribution in [2.24, 2.45) is 5.92 Å².